The molecule has 0 aliphatic heterocycles. The van der Waals surface area contributed by atoms with E-state index >= 15 is 0 Å². The van der Waals surface area contributed by atoms with Crippen LogP contribution in [-0.4, -0.2) is 19.7 Å². The Hall–Kier alpha value is -0.440. The van der Waals surface area contributed by atoms with Gasteiger partial charge in [-0.25, -0.2) is 0 Å². The van der Waals surface area contributed by atoms with Gasteiger partial charge in [-0.3, -0.25) is 0 Å². The predicted octanol–water partition coefficient (Wildman–Crippen LogP) is 4.40. The standard InChI is InChI=1S/C14H21Cl2NO/c1-14(2,3)7-8-17-9-10-18-12-6-4-5-11(15)13(12)16/h4-6,17H,7-10H2,1-3H3. The first-order valence-corrected chi connectivity index (χ1v) is 6.93. The second kappa shape index (κ2) is 7.22. The van der Waals surface area contributed by atoms with Gasteiger partial charge in [0.2, 0.25) is 0 Å². The summed E-state index contributed by atoms with van der Waals surface area (Å²) in [7, 11) is 0. The van der Waals surface area contributed by atoms with Gasteiger partial charge in [0.25, 0.3) is 0 Å². The monoisotopic (exact) mass is 289 g/mol. The molecule has 0 amide bonds. The summed E-state index contributed by atoms with van der Waals surface area (Å²) in [5.41, 5.74) is 0.365. The summed E-state index contributed by atoms with van der Waals surface area (Å²) in [6, 6.07) is 5.40. The summed E-state index contributed by atoms with van der Waals surface area (Å²) in [6.45, 7) is 9.09. The molecule has 1 aromatic carbocycles. The van der Waals surface area contributed by atoms with Crippen molar-refractivity contribution in [1.82, 2.24) is 5.32 Å². The molecule has 2 nitrogen and oxygen atoms in total. The van der Waals surface area contributed by atoms with Gasteiger partial charge in [0.1, 0.15) is 17.4 Å². The topological polar surface area (TPSA) is 21.3 Å². The molecular formula is C14H21Cl2NO. The summed E-state index contributed by atoms with van der Waals surface area (Å²) in [5, 5.41) is 4.35. The first-order chi connectivity index (χ1) is 8.40. The third kappa shape index (κ3) is 5.94. The van der Waals surface area contributed by atoms with Crippen LogP contribution in [0.5, 0.6) is 5.75 Å². The average Bonchev–Trinajstić information content (AvgIpc) is 2.27. The molecule has 1 aromatic rings. The molecule has 0 unspecified atom stereocenters. The van der Waals surface area contributed by atoms with Crippen LogP contribution in [0.25, 0.3) is 0 Å². The van der Waals surface area contributed by atoms with Gasteiger partial charge in [-0.1, -0.05) is 50.0 Å². The number of nitrogens with one attached hydrogen (secondary N) is 1. The van der Waals surface area contributed by atoms with Gasteiger partial charge in [-0.05, 0) is 30.5 Å². The number of hydrogen-bond donors (Lipinski definition) is 1. The molecule has 0 atom stereocenters. The van der Waals surface area contributed by atoms with Crippen molar-refractivity contribution in [1.29, 1.82) is 0 Å². The van der Waals surface area contributed by atoms with Gasteiger partial charge < -0.3 is 10.1 Å². The highest BCUT2D eigenvalue weighted by Crippen LogP contribution is 2.31. The molecule has 4 heteroatoms. The number of halogens is 2. The highest BCUT2D eigenvalue weighted by atomic mass is 35.5. The van der Waals surface area contributed by atoms with Crippen molar-refractivity contribution in [3.05, 3.63) is 28.2 Å². The van der Waals surface area contributed by atoms with Crippen molar-refractivity contribution < 1.29 is 4.74 Å². The van der Waals surface area contributed by atoms with Gasteiger partial charge in [-0.15, -0.1) is 0 Å². The summed E-state index contributed by atoms with van der Waals surface area (Å²) in [4.78, 5) is 0. The SMILES string of the molecule is CC(C)(C)CCNCCOc1cccc(Cl)c1Cl. The Bertz CT molecular complexity index is 375. The molecule has 0 radical (unpaired) electrons. The van der Waals surface area contributed by atoms with E-state index in [1.54, 1.807) is 6.07 Å². The van der Waals surface area contributed by atoms with Gasteiger partial charge in [0.15, 0.2) is 0 Å². The number of ether oxygens (including phenoxy) is 1. The van der Waals surface area contributed by atoms with Crippen molar-refractivity contribution in [3.63, 3.8) is 0 Å². The maximum Gasteiger partial charge on any atom is 0.139 e. The van der Waals surface area contributed by atoms with E-state index in [1.165, 1.54) is 0 Å². The molecule has 1 N–H and O–H groups in total. The van der Waals surface area contributed by atoms with Crippen molar-refractivity contribution in [2.75, 3.05) is 19.7 Å². The van der Waals surface area contributed by atoms with Crippen LogP contribution in [0.3, 0.4) is 0 Å². The lowest BCUT2D eigenvalue weighted by molar-refractivity contribution is 0.304. The van der Waals surface area contributed by atoms with Crippen LogP contribution in [0.1, 0.15) is 27.2 Å². The van der Waals surface area contributed by atoms with Crippen molar-refractivity contribution in [3.8, 4) is 5.75 Å². The third-order valence-electron chi connectivity index (χ3n) is 2.50. The zero-order valence-corrected chi connectivity index (χ0v) is 12.7. The smallest absolute Gasteiger partial charge is 0.139 e. The molecule has 102 valence electrons. The van der Waals surface area contributed by atoms with Crippen molar-refractivity contribution >= 4 is 23.2 Å². The van der Waals surface area contributed by atoms with E-state index in [9.17, 15) is 0 Å². The minimum absolute atomic E-state index is 0.365. The third-order valence-corrected chi connectivity index (χ3v) is 3.31. The van der Waals surface area contributed by atoms with Crippen LogP contribution in [0.2, 0.25) is 10.0 Å². The summed E-state index contributed by atoms with van der Waals surface area (Å²) >= 11 is 11.9. The van der Waals surface area contributed by atoms with Crippen LogP contribution >= 0.6 is 23.2 Å². The molecule has 0 aromatic heterocycles. The Balaban J connectivity index is 2.20. The minimum atomic E-state index is 0.365. The molecule has 0 heterocycles. The summed E-state index contributed by atoms with van der Waals surface area (Å²) in [5.74, 6) is 0.641. The fourth-order valence-corrected chi connectivity index (χ4v) is 1.76. The van der Waals surface area contributed by atoms with Crippen molar-refractivity contribution in [2.45, 2.75) is 27.2 Å². The quantitative estimate of drug-likeness (QED) is 0.784. The van der Waals surface area contributed by atoms with Crippen LogP contribution in [0.15, 0.2) is 18.2 Å². The highest BCUT2D eigenvalue weighted by Gasteiger charge is 2.08. The predicted molar refractivity (Wildman–Crippen MR) is 78.9 cm³/mol. The second-order valence-corrected chi connectivity index (χ2v) is 6.25. The van der Waals surface area contributed by atoms with Gasteiger partial charge >= 0.3 is 0 Å². The van der Waals surface area contributed by atoms with E-state index in [1.807, 2.05) is 12.1 Å². The van der Waals surface area contributed by atoms with Gasteiger partial charge in [-0.2, -0.15) is 0 Å². The Labute approximate surface area is 120 Å². The van der Waals surface area contributed by atoms with Crippen LogP contribution in [-0.2, 0) is 0 Å². The number of benzene rings is 1. The lowest BCUT2D eigenvalue weighted by Gasteiger charge is -2.18. The fraction of sp³-hybridized carbons (Fsp3) is 0.571. The van der Waals surface area contributed by atoms with E-state index in [4.69, 9.17) is 27.9 Å². The summed E-state index contributed by atoms with van der Waals surface area (Å²) in [6.07, 6.45) is 1.14. The highest BCUT2D eigenvalue weighted by molar-refractivity contribution is 6.42. The minimum Gasteiger partial charge on any atom is -0.491 e. The van der Waals surface area contributed by atoms with E-state index in [0.717, 1.165) is 19.5 Å². The van der Waals surface area contributed by atoms with E-state index in [0.29, 0.717) is 27.8 Å². The largest absolute Gasteiger partial charge is 0.491 e. The average molecular weight is 290 g/mol. The molecule has 0 bridgehead atoms. The van der Waals surface area contributed by atoms with E-state index in [-0.39, 0.29) is 0 Å². The van der Waals surface area contributed by atoms with Crippen LogP contribution < -0.4 is 10.1 Å². The lowest BCUT2D eigenvalue weighted by atomic mass is 9.92. The number of rotatable bonds is 6. The Morgan fingerprint density at radius 3 is 2.56 bits per heavy atom. The van der Waals surface area contributed by atoms with Crippen molar-refractivity contribution in [2.24, 2.45) is 5.41 Å². The molecule has 0 aliphatic carbocycles. The fourth-order valence-electron chi connectivity index (χ4n) is 1.42. The number of hydrogen-bond acceptors (Lipinski definition) is 2. The maximum absolute atomic E-state index is 6.02. The Morgan fingerprint density at radius 2 is 1.89 bits per heavy atom. The molecule has 0 saturated heterocycles. The molecule has 1 rings (SSSR count). The molecule has 0 fully saturated rings. The molecule has 0 aliphatic rings. The second-order valence-electron chi connectivity index (χ2n) is 5.46. The lowest BCUT2D eigenvalue weighted by Crippen LogP contribution is -2.25. The summed E-state index contributed by atoms with van der Waals surface area (Å²) < 4.78 is 5.57. The van der Waals surface area contributed by atoms with E-state index < -0.39 is 0 Å². The first-order valence-electron chi connectivity index (χ1n) is 6.18. The van der Waals surface area contributed by atoms with Crippen LogP contribution in [0, 0.1) is 5.41 Å². The van der Waals surface area contributed by atoms with Gasteiger partial charge in [0.05, 0.1) is 5.02 Å². The zero-order valence-electron chi connectivity index (χ0n) is 11.2. The normalized spacial score (nSPS) is 11.6. The molecule has 0 spiro atoms. The Morgan fingerprint density at radius 1 is 1.17 bits per heavy atom. The maximum atomic E-state index is 6.02. The zero-order chi connectivity index (χ0) is 13.6. The first kappa shape index (κ1) is 15.6. The molecule has 0 saturated carbocycles. The van der Waals surface area contributed by atoms with Gasteiger partial charge in [0, 0.05) is 6.54 Å². The Kier molecular flexibility index (Phi) is 6.27. The van der Waals surface area contributed by atoms with E-state index in [2.05, 4.69) is 26.1 Å². The molecular weight excluding hydrogens is 269 g/mol. The van der Waals surface area contributed by atoms with Crippen LogP contribution in [0.4, 0.5) is 0 Å². The molecule has 18 heavy (non-hydrogen) atoms.